The Balaban J connectivity index is 2.03. The molecule has 3 aliphatic carbocycles. The van der Waals surface area contributed by atoms with Crippen LogP contribution in [0.4, 0.5) is 0 Å². The van der Waals surface area contributed by atoms with E-state index in [-0.39, 0.29) is 23.9 Å². The third-order valence-corrected chi connectivity index (χ3v) is 3.81. The van der Waals surface area contributed by atoms with Crippen LogP contribution in [-0.4, -0.2) is 22.8 Å². The molecule has 3 aliphatic rings. The van der Waals surface area contributed by atoms with E-state index >= 15 is 0 Å². The first-order valence-corrected chi connectivity index (χ1v) is 4.46. The second-order valence-electron chi connectivity index (χ2n) is 4.11. The molecule has 1 saturated carbocycles. The number of fused-ring (bicyclic) bond motifs is 1. The summed E-state index contributed by atoms with van der Waals surface area (Å²) in [6.45, 7) is 0.104. The van der Waals surface area contributed by atoms with E-state index in [0.717, 1.165) is 0 Å². The van der Waals surface area contributed by atoms with Crippen LogP contribution in [0.25, 0.3) is 0 Å². The number of carboxylic acid groups (broad SMARTS) is 1. The topological polar surface area (TPSA) is 57.5 Å². The number of rotatable bonds is 2. The van der Waals surface area contributed by atoms with Gasteiger partial charge in [0.25, 0.3) is 0 Å². The minimum atomic E-state index is -0.823. The zero-order chi connectivity index (χ0) is 9.22. The summed E-state index contributed by atoms with van der Waals surface area (Å²) in [5, 5.41) is 18.2. The van der Waals surface area contributed by atoms with E-state index in [0.29, 0.717) is 11.5 Å². The van der Waals surface area contributed by atoms with E-state index in [1.54, 1.807) is 6.08 Å². The molecule has 13 heavy (non-hydrogen) atoms. The predicted molar refractivity (Wildman–Crippen MR) is 44.8 cm³/mol. The first-order chi connectivity index (χ1) is 6.21. The maximum Gasteiger partial charge on any atom is 0.331 e. The van der Waals surface area contributed by atoms with Gasteiger partial charge in [0.15, 0.2) is 0 Å². The molecule has 0 bridgehead atoms. The Morgan fingerprint density at radius 2 is 2.31 bits per heavy atom. The first-order valence-electron chi connectivity index (χ1n) is 4.46. The largest absolute Gasteiger partial charge is 0.478 e. The minimum Gasteiger partial charge on any atom is -0.478 e. The van der Waals surface area contributed by atoms with Gasteiger partial charge in [0.05, 0.1) is 6.61 Å². The summed E-state index contributed by atoms with van der Waals surface area (Å²) in [5.41, 5.74) is 0.363. The monoisotopic (exact) mass is 178 g/mol. The van der Waals surface area contributed by atoms with E-state index in [2.05, 4.69) is 6.08 Å². The normalized spacial score (nSPS) is 49.0. The molecule has 0 saturated heterocycles. The molecular weight excluding hydrogens is 168 g/mol. The summed E-state index contributed by atoms with van der Waals surface area (Å²) in [5.74, 6) is -0.279. The molecule has 4 unspecified atom stereocenters. The van der Waals surface area contributed by atoms with Gasteiger partial charge in [0.1, 0.15) is 0 Å². The third-order valence-electron chi connectivity index (χ3n) is 3.81. The van der Waals surface area contributed by atoms with Gasteiger partial charge in [0.2, 0.25) is 0 Å². The molecular formula is C10H10O3. The van der Waals surface area contributed by atoms with Crippen LogP contribution >= 0.6 is 0 Å². The summed E-state index contributed by atoms with van der Waals surface area (Å²) in [6.07, 6.45) is 5.87. The fraction of sp³-hybridized carbons (Fsp3) is 0.500. The molecule has 0 radical (unpaired) electrons. The van der Waals surface area contributed by atoms with Crippen molar-refractivity contribution >= 4 is 5.97 Å². The Morgan fingerprint density at radius 3 is 2.77 bits per heavy atom. The number of carboxylic acids is 1. The van der Waals surface area contributed by atoms with E-state index in [4.69, 9.17) is 5.11 Å². The van der Waals surface area contributed by atoms with Crippen molar-refractivity contribution in [3.63, 3.8) is 0 Å². The van der Waals surface area contributed by atoms with Gasteiger partial charge in [-0.3, -0.25) is 0 Å². The van der Waals surface area contributed by atoms with E-state index in [1.165, 1.54) is 0 Å². The van der Waals surface area contributed by atoms with E-state index in [1.807, 2.05) is 6.08 Å². The van der Waals surface area contributed by atoms with Crippen LogP contribution < -0.4 is 0 Å². The van der Waals surface area contributed by atoms with Crippen LogP contribution in [-0.2, 0) is 4.79 Å². The smallest absolute Gasteiger partial charge is 0.331 e. The van der Waals surface area contributed by atoms with Crippen molar-refractivity contribution in [3.05, 3.63) is 23.8 Å². The number of aliphatic hydroxyl groups is 1. The molecule has 0 aliphatic heterocycles. The lowest BCUT2D eigenvalue weighted by Crippen LogP contribution is -2.14. The zero-order valence-corrected chi connectivity index (χ0v) is 6.97. The lowest BCUT2D eigenvalue weighted by Gasteiger charge is -2.12. The number of carbonyl (C=O) groups is 1. The molecule has 68 valence electrons. The Bertz CT molecular complexity index is 355. The molecule has 0 aromatic rings. The molecule has 0 aromatic carbocycles. The number of aliphatic hydroxyl groups excluding tert-OH is 1. The maximum atomic E-state index is 10.8. The van der Waals surface area contributed by atoms with E-state index in [9.17, 15) is 9.90 Å². The highest BCUT2D eigenvalue weighted by atomic mass is 16.4. The van der Waals surface area contributed by atoms with Crippen LogP contribution in [0.15, 0.2) is 23.8 Å². The van der Waals surface area contributed by atoms with Crippen molar-refractivity contribution in [2.75, 3.05) is 6.61 Å². The van der Waals surface area contributed by atoms with Crippen LogP contribution in [0, 0.1) is 23.2 Å². The molecule has 3 rings (SSSR count). The molecule has 1 fully saturated rings. The Labute approximate surface area is 75.4 Å². The lowest BCUT2D eigenvalue weighted by molar-refractivity contribution is -0.133. The van der Waals surface area contributed by atoms with Crippen LogP contribution in [0.5, 0.6) is 0 Å². The zero-order valence-electron chi connectivity index (χ0n) is 6.97. The summed E-state index contributed by atoms with van der Waals surface area (Å²) < 4.78 is 0. The fourth-order valence-corrected chi connectivity index (χ4v) is 3.13. The summed E-state index contributed by atoms with van der Waals surface area (Å²) in [7, 11) is 0. The van der Waals surface area contributed by atoms with Crippen molar-refractivity contribution < 1.29 is 15.0 Å². The molecule has 2 N–H and O–H groups in total. The molecule has 0 aromatic heterocycles. The van der Waals surface area contributed by atoms with Crippen LogP contribution in [0.2, 0.25) is 0 Å². The number of hydrogen-bond donors (Lipinski definition) is 2. The summed E-state index contributed by atoms with van der Waals surface area (Å²) in [6, 6.07) is 0. The molecule has 0 spiro atoms. The molecule has 0 amide bonds. The molecule has 3 heteroatoms. The molecule has 4 atom stereocenters. The highest BCUT2D eigenvalue weighted by Crippen LogP contribution is 2.74. The average Bonchev–Trinajstić information content (AvgIpc) is 2.52. The van der Waals surface area contributed by atoms with Crippen LogP contribution in [0.1, 0.15) is 0 Å². The van der Waals surface area contributed by atoms with Gasteiger partial charge in [0, 0.05) is 22.8 Å². The number of aliphatic carboxylic acids is 1. The van der Waals surface area contributed by atoms with Gasteiger partial charge in [-0.15, -0.1) is 0 Å². The third kappa shape index (κ3) is 0.572. The van der Waals surface area contributed by atoms with Crippen molar-refractivity contribution in [3.8, 4) is 0 Å². The van der Waals surface area contributed by atoms with Crippen LogP contribution in [0.3, 0.4) is 0 Å². The fourth-order valence-electron chi connectivity index (χ4n) is 3.13. The number of hydrogen-bond acceptors (Lipinski definition) is 2. The van der Waals surface area contributed by atoms with Crippen molar-refractivity contribution in [1.29, 1.82) is 0 Å². The SMILES string of the molecule is O=C(O)C1=CC2C=CC3C1C23CO. The van der Waals surface area contributed by atoms with Gasteiger partial charge < -0.3 is 10.2 Å². The van der Waals surface area contributed by atoms with Gasteiger partial charge in [-0.05, 0) is 5.92 Å². The second-order valence-corrected chi connectivity index (χ2v) is 4.11. The highest BCUT2D eigenvalue weighted by Gasteiger charge is 2.73. The van der Waals surface area contributed by atoms with E-state index < -0.39 is 5.97 Å². The van der Waals surface area contributed by atoms with Gasteiger partial charge in [-0.1, -0.05) is 18.2 Å². The summed E-state index contributed by atoms with van der Waals surface area (Å²) >= 11 is 0. The molecule has 3 nitrogen and oxygen atoms in total. The number of allylic oxidation sites excluding steroid dienone is 3. The second kappa shape index (κ2) is 1.87. The lowest BCUT2D eigenvalue weighted by atomic mass is 9.94. The Morgan fingerprint density at radius 1 is 1.54 bits per heavy atom. The first kappa shape index (κ1) is 7.33. The van der Waals surface area contributed by atoms with Crippen molar-refractivity contribution in [1.82, 2.24) is 0 Å². The van der Waals surface area contributed by atoms with Gasteiger partial charge in [-0.2, -0.15) is 0 Å². The average molecular weight is 178 g/mol. The van der Waals surface area contributed by atoms with Gasteiger partial charge >= 0.3 is 5.97 Å². The maximum absolute atomic E-state index is 10.8. The van der Waals surface area contributed by atoms with Crippen molar-refractivity contribution in [2.24, 2.45) is 23.2 Å². The van der Waals surface area contributed by atoms with Crippen molar-refractivity contribution in [2.45, 2.75) is 0 Å². The standard InChI is InChI=1S/C10H10O3/c11-4-10-5-1-2-7(10)8(10)6(3-5)9(12)13/h1-3,5,7-8,11H,4H2,(H,12,13). The molecule has 0 heterocycles. The summed E-state index contributed by atoms with van der Waals surface area (Å²) in [4.78, 5) is 10.8. The highest BCUT2D eigenvalue weighted by molar-refractivity contribution is 5.90. The van der Waals surface area contributed by atoms with Gasteiger partial charge in [-0.25, -0.2) is 4.79 Å². The quantitative estimate of drug-likeness (QED) is 0.602. The Kier molecular flexibility index (Phi) is 1.06. The predicted octanol–water partition coefficient (Wildman–Crippen LogP) is 0.422. The Hall–Kier alpha value is -1.09. The minimum absolute atomic E-state index is 0.0880.